The van der Waals surface area contributed by atoms with Gasteiger partial charge in [-0.1, -0.05) is 48.6 Å². The van der Waals surface area contributed by atoms with E-state index >= 15 is 0 Å². The van der Waals surface area contributed by atoms with Crippen LogP contribution in [0.4, 0.5) is 10.1 Å². The van der Waals surface area contributed by atoms with Gasteiger partial charge >= 0.3 is 0 Å². The Morgan fingerprint density at radius 3 is 2.61 bits per heavy atom. The van der Waals surface area contributed by atoms with E-state index in [1.807, 2.05) is 36.4 Å². The number of halogens is 1. The highest BCUT2D eigenvalue weighted by molar-refractivity contribution is 5.67. The standard InChI is InChI=1S/C16H12FN/c1-18-16-11-10-15(17)12-14(16)9-5-8-13-6-3-2-4-7-13/h2-7,9-12H,8H2/b9-5+. The molecule has 0 bridgehead atoms. The van der Waals surface area contributed by atoms with E-state index in [0.29, 0.717) is 11.3 Å². The number of nitrogens with zero attached hydrogens (tertiary/aromatic N) is 1. The Hall–Kier alpha value is -2.40. The fraction of sp³-hybridized carbons (Fsp3) is 0.0625. The Kier molecular flexibility index (Phi) is 3.88. The van der Waals surface area contributed by atoms with E-state index in [-0.39, 0.29) is 5.82 Å². The summed E-state index contributed by atoms with van der Waals surface area (Å²) >= 11 is 0. The van der Waals surface area contributed by atoms with Crippen molar-refractivity contribution in [3.63, 3.8) is 0 Å². The molecule has 88 valence electrons. The monoisotopic (exact) mass is 237 g/mol. The number of rotatable bonds is 3. The molecule has 18 heavy (non-hydrogen) atoms. The number of allylic oxidation sites excluding steroid dienone is 1. The second-order valence-electron chi connectivity index (χ2n) is 3.91. The molecule has 0 saturated heterocycles. The highest BCUT2D eigenvalue weighted by Gasteiger charge is 2.00. The van der Waals surface area contributed by atoms with Crippen molar-refractivity contribution in [1.29, 1.82) is 0 Å². The molecule has 0 amide bonds. The van der Waals surface area contributed by atoms with Crippen LogP contribution in [-0.2, 0) is 6.42 Å². The van der Waals surface area contributed by atoms with Crippen LogP contribution in [-0.4, -0.2) is 0 Å². The molecule has 2 aromatic carbocycles. The smallest absolute Gasteiger partial charge is 0.194 e. The Morgan fingerprint density at radius 2 is 1.89 bits per heavy atom. The fourth-order valence-electron chi connectivity index (χ4n) is 1.70. The zero-order valence-electron chi connectivity index (χ0n) is 9.81. The van der Waals surface area contributed by atoms with Crippen molar-refractivity contribution in [2.45, 2.75) is 6.42 Å². The van der Waals surface area contributed by atoms with Crippen molar-refractivity contribution >= 4 is 11.8 Å². The highest BCUT2D eigenvalue weighted by atomic mass is 19.1. The quantitative estimate of drug-likeness (QED) is 0.685. The Labute approximate surface area is 106 Å². The zero-order chi connectivity index (χ0) is 12.8. The molecule has 0 aliphatic carbocycles. The lowest BCUT2D eigenvalue weighted by Gasteiger charge is -1.98. The summed E-state index contributed by atoms with van der Waals surface area (Å²) < 4.78 is 13.1. The summed E-state index contributed by atoms with van der Waals surface area (Å²) in [5, 5.41) is 0. The van der Waals surface area contributed by atoms with Crippen LogP contribution in [0.25, 0.3) is 10.9 Å². The lowest BCUT2D eigenvalue weighted by atomic mass is 10.1. The van der Waals surface area contributed by atoms with Gasteiger partial charge in [0, 0.05) is 0 Å². The molecule has 0 N–H and O–H groups in total. The van der Waals surface area contributed by atoms with Crippen LogP contribution in [0.5, 0.6) is 0 Å². The first kappa shape index (κ1) is 12.1. The second-order valence-corrected chi connectivity index (χ2v) is 3.91. The van der Waals surface area contributed by atoms with Gasteiger partial charge in [-0.25, -0.2) is 9.24 Å². The van der Waals surface area contributed by atoms with Crippen LogP contribution in [0.3, 0.4) is 0 Å². The predicted octanol–water partition coefficient (Wildman–Crippen LogP) is 4.63. The second kappa shape index (κ2) is 5.79. The summed E-state index contributed by atoms with van der Waals surface area (Å²) in [6.07, 6.45) is 4.51. The Bertz CT molecular complexity index is 594. The van der Waals surface area contributed by atoms with Crippen LogP contribution in [0.15, 0.2) is 54.6 Å². The first-order valence-electron chi connectivity index (χ1n) is 5.67. The van der Waals surface area contributed by atoms with Gasteiger partial charge in [0.05, 0.1) is 6.57 Å². The predicted molar refractivity (Wildman–Crippen MR) is 71.8 cm³/mol. The highest BCUT2D eigenvalue weighted by Crippen LogP contribution is 2.21. The molecule has 0 unspecified atom stereocenters. The van der Waals surface area contributed by atoms with Crippen molar-refractivity contribution in [3.8, 4) is 0 Å². The van der Waals surface area contributed by atoms with Gasteiger partial charge in [-0.05, 0) is 29.7 Å². The van der Waals surface area contributed by atoms with E-state index in [2.05, 4.69) is 4.85 Å². The van der Waals surface area contributed by atoms with E-state index < -0.39 is 0 Å². The molecule has 0 radical (unpaired) electrons. The van der Waals surface area contributed by atoms with E-state index in [4.69, 9.17) is 6.57 Å². The van der Waals surface area contributed by atoms with Gasteiger partial charge in [0.1, 0.15) is 5.82 Å². The molecule has 0 aliphatic rings. The molecule has 0 aliphatic heterocycles. The van der Waals surface area contributed by atoms with Crippen molar-refractivity contribution in [3.05, 3.63) is 83.0 Å². The first-order chi connectivity index (χ1) is 8.79. The molecule has 1 nitrogen and oxygen atoms in total. The molecular weight excluding hydrogens is 225 g/mol. The van der Waals surface area contributed by atoms with E-state index in [1.165, 1.54) is 23.8 Å². The molecule has 0 spiro atoms. The number of benzene rings is 2. The van der Waals surface area contributed by atoms with Crippen molar-refractivity contribution in [2.24, 2.45) is 0 Å². The van der Waals surface area contributed by atoms with Gasteiger partial charge in [0.25, 0.3) is 0 Å². The molecule has 0 fully saturated rings. The summed E-state index contributed by atoms with van der Waals surface area (Å²) in [6.45, 7) is 7.02. The zero-order valence-corrected chi connectivity index (χ0v) is 9.81. The van der Waals surface area contributed by atoms with Crippen molar-refractivity contribution < 1.29 is 4.39 Å². The lowest BCUT2D eigenvalue weighted by molar-refractivity contribution is 0.628. The minimum absolute atomic E-state index is 0.318. The van der Waals surface area contributed by atoms with Gasteiger partial charge in [-0.15, -0.1) is 0 Å². The minimum Gasteiger partial charge on any atom is -0.238 e. The fourth-order valence-corrected chi connectivity index (χ4v) is 1.70. The SMILES string of the molecule is [C-]#[N+]c1ccc(F)cc1/C=C/Cc1ccccc1. The first-order valence-corrected chi connectivity index (χ1v) is 5.67. The summed E-state index contributed by atoms with van der Waals surface area (Å²) in [6, 6.07) is 14.2. The third kappa shape index (κ3) is 3.05. The van der Waals surface area contributed by atoms with Crippen LogP contribution in [0.2, 0.25) is 0 Å². The third-order valence-corrected chi connectivity index (χ3v) is 2.60. The van der Waals surface area contributed by atoms with E-state index in [0.717, 1.165) is 6.42 Å². The van der Waals surface area contributed by atoms with Gasteiger partial charge in [-0.3, -0.25) is 0 Å². The third-order valence-electron chi connectivity index (χ3n) is 2.60. The summed E-state index contributed by atoms with van der Waals surface area (Å²) in [4.78, 5) is 3.37. The Balaban J connectivity index is 2.14. The maximum absolute atomic E-state index is 13.1. The average Bonchev–Trinajstić information content (AvgIpc) is 2.40. The molecule has 2 aromatic rings. The molecule has 2 heteroatoms. The van der Waals surface area contributed by atoms with Gasteiger partial charge in [0.15, 0.2) is 5.69 Å². The van der Waals surface area contributed by atoms with Crippen LogP contribution >= 0.6 is 0 Å². The van der Waals surface area contributed by atoms with E-state index in [9.17, 15) is 4.39 Å². The van der Waals surface area contributed by atoms with Gasteiger partial charge in [-0.2, -0.15) is 0 Å². The summed E-state index contributed by atoms with van der Waals surface area (Å²) in [5.74, 6) is -0.318. The van der Waals surface area contributed by atoms with Gasteiger partial charge < -0.3 is 0 Å². The molecule has 0 atom stereocenters. The van der Waals surface area contributed by atoms with Crippen molar-refractivity contribution in [1.82, 2.24) is 0 Å². The largest absolute Gasteiger partial charge is 0.238 e. The minimum atomic E-state index is -0.318. The molecule has 0 saturated carbocycles. The summed E-state index contributed by atoms with van der Waals surface area (Å²) in [5.41, 5.74) is 2.29. The van der Waals surface area contributed by atoms with Crippen LogP contribution in [0.1, 0.15) is 11.1 Å². The number of hydrogen-bond donors (Lipinski definition) is 0. The number of hydrogen-bond acceptors (Lipinski definition) is 0. The molecule has 0 aromatic heterocycles. The van der Waals surface area contributed by atoms with E-state index in [1.54, 1.807) is 6.08 Å². The normalized spacial score (nSPS) is 10.4. The maximum atomic E-state index is 13.1. The maximum Gasteiger partial charge on any atom is 0.194 e. The van der Waals surface area contributed by atoms with Crippen LogP contribution in [0, 0.1) is 12.4 Å². The summed E-state index contributed by atoms with van der Waals surface area (Å²) in [7, 11) is 0. The van der Waals surface area contributed by atoms with Crippen LogP contribution < -0.4 is 0 Å². The van der Waals surface area contributed by atoms with Gasteiger partial charge in [0.2, 0.25) is 0 Å². The molecule has 2 rings (SSSR count). The average molecular weight is 237 g/mol. The molecular formula is C16H12FN. The topological polar surface area (TPSA) is 4.36 Å². The van der Waals surface area contributed by atoms with Crippen molar-refractivity contribution in [2.75, 3.05) is 0 Å². The molecule has 0 heterocycles. The Morgan fingerprint density at radius 1 is 1.11 bits per heavy atom. The lowest BCUT2D eigenvalue weighted by Crippen LogP contribution is -1.80.